The molecule has 0 saturated heterocycles. The zero-order valence-electron chi connectivity index (χ0n) is 4.08. The van der Waals surface area contributed by atoms with E-state index < -0.39 is 0 Å². The summed E-state index contributed by atoms with van der Waals surface area (Å²) in [5, 5.41) is 1.18. The van der Waals surface area contributed by atoms with E-state index in [2.05, 4.69) is 38.5 Å². The monoisotopic (exact) mass is 292 g/mol. The highest BCUT2D eigenvalue weighted by Crippen LogP contribution is 2.07. The Kier molecular flexibility index (Phi) is 9.58. The summed E-state index contributed by atoms with van der Waals surface area (Å²) in [7, 11) is 1.18. The molecule has 0 aromatic heterocycles. The quantitative estimate of drug-likeness (QED) is 0.244. The molecular weight excluding hydrogens is 285 g/mol. The molecule has 0 amide bonds. The third kappa shape index (κ3) is 7.70. The molecule has 0 aliphatic rings. The zero-order valence-corrected chi connectivity index (χ0v) is 8.83. The highest BCUT2D eigenvalue weighted by Gasteiger charge is 1.84. The zero-order chi connectivity index (χ0) is 5.54. The molecule has 42 valence electrons. The largest absolute Gasteiger partial charge is 0.159 e. The van der Waals surface area contributed by atoms with Crippen LogP contribution in [-0.2, 0) is 0 Å². The van der Waals surface area contributed by atoms with Crippen molar-refractivity contribution in [3.8, 4) is 0 Å². The number of hydrogen-bond donors (Lipinski definition) is 0. The van der Waals surface area contributed by atoms with E-state index in [-0.39, 0.29) is 0 Å². The maximum atomic E-state index is 3.38. The van der Waals surface area contributed by atoms with Gasteiger partial charge < -0.3 is 0 Å². The Morgan fingerprint density at radius 2 is 2.43 bits per heavy atom. The summed E-state index contributed by atoms with van der Waals surface area (Å²) in [6.07, 6.45) is 1.36. The van der Waals surface area contributed by atoms with E-state index in [1.807, 2.05) is 0 Å². The van der Waals surface area contributed by atoms with Crippen LogP contribution in [0.3, 0.4) is 0 Å². The lowest BCUT2D eigenvalue weighted by Gasteiger charge is -1.87. The van der Waals surface area contributed by atoms with Crippen LogP contribution in [0.5, 0.6) is 0 Å². The summed E-state index contributed by atoms with van der Waals surface area (Å²) in [6.45, 7) is 1.41. The number of rotatable bonds is 4. The van der Waals surface area contributed by atoms with Gasteiger partial charge in [0.25, 0.3) is 0 Å². The third-order valence-corrected chi connectivity index (χ3v) is 4.44. The van der Waals surface area contributed by atoms with E-state index in [4.69, 9.17) is 0 Å². The smallest absolute Gasteiger partial charge is 0.158 e. The fraction of sp³-hybridized carbons (Fsp3) is 1.00. The Balaban J connectivity index is 2.45. The summed E-state index contributed by atoms with van der Waals surface area (Å²) in [6, 6.07) is 0. The average Bonchev–Trinajstić information content (AvgIpc) is 1.69. The minimum Gasteiger partial charge on any atom is -0.158 e. The van der Waals surface area contributed by atoms with Crippen LogP contribution in [0.4, 0.5) is 0 Å². The van der Waals surface area contributed by atoms with Crippen LogP contribution in [0.2, 0.25) is 0 Å². The highest BCUT2D eigenvalue weighted by atomic mass is 127. The van der Waals surface area contributed by atoms with Crippen molar-refractivity contribution in [2.24, 2.45) is 0 Å². The lowest BCUT2D eigenvalue weighted by molar-refractivity contribution is 1.59. The lowest BCUT2D eigenvalue weighted by atomic mass is 10.2. The van der Waals surface area contributed by atoms with E-state index in [0.29, 0.717) is 0 Å². The van der Waals surface area contributed by atoms with Gasteiger partial charge in [-0.05, 0) is 10.5 Å². The minimum absolute atomic E-state index is 1.18. The molecule has 0 bridgehead atoms. The SMILES string of the molecule is BrCCPBCI. The van der Waals surface area contributed by atoms with E-state index in [0.717, 1.165) is 0 Å². The van der Waals surface area contributed by atoms with Gasteiger partial charge in [-0.15, -0.1) is 0 Å². The van der Waals surface area contributed by atoms with Crippen LogP contribution in [0, 0.1) is 0 Å². The van der Waals surface area contributed by atoms with Crippen LogP contribution < -0.4 is 0 Å². The van der Waals surface area contributed by atoms with Gasteiger partial charge in [0.05, 0.1) is 0 Å². The summed E-state index contributed by atoms with van der Waals surface area (Å²) in [5.41, 5.74) is 0. The highest BCUT2D eigenvalue weighted by molar-refractivity contribution is 14.1. The van der Waals surface area contributed by atoms with Crippen LogP contribution >= 0.6 is 47.0 Å². The molecule has 0 radical (unpaired) electrons. The van der Waals surface area contributed by atoms with Crippen LogP contribution in [0.25, 0.3) is 0 Å². The first-order valence-electron chi connectivity index (χ1n) is 2.24. The molecule has 0 nitrogen and oxygen atoms in total. The first-order valence-corrected chi connectivity index (χ1v) is 6.30. The van der Waals surface area contributed by atoms with Gasteiger partial charge in [0, 0.05) is 5.33 Å². The van der Waals surface area contributed by atoms with Crippen molar-refractivity contribution in [1.82, 2.24) is 0 Å². The van der Waals surface area contributed by atoms with Crippen molar-refractivity contribution in [1.29, 1.82) is 0 Å². The van der Waals surface area contributed by atoms with Gasteiger partial charge in [-0.25, -0.2) is 0 Å². The van der Waals surface area contributed by atoms with E-state index in [1.165, 1.54) is 31.3 Å². The molecule has 0 aromatic rings. The average molecular weight is 293 g/mol. The van der Waals surface area contributed by atoms with Crippen molar-refractivity contribution in [3.05, 3.63) is 0 Å². The molecule has 0 N–H and O–H groups in total. The van der Waals surface area contributed by atoms with Crippen LogP contribution in [0.1, 0.15) is 0 Å². The molecule has 0 aliphatic carbocycles. The normalized spacial score (nSPS) is 10.6. The summed E-state index contributed by atoms with van der Waals surface area (Å²) in [4.78, 5) is 0. The van der Waals surface area contributed by atoms with Crippen molar-refractivity contribution in [3.63, 3.8) is 0 Å². The number of alkyl halides is 2. The molecule has 1 unspecified atom stereocenters. The number of halogens is 2. The fourth-order valence-corrected chi connectivity index (χ4v) is 2.76. The van der Waals surface area contributed by atoms with Crippen molar-refractivity contribution in [2.45, 2.75) is 0 Å². The summed E-state index contributed by atoms with van der Waals surface area (Å²) in [5.74, 6) is 0. The second kappa shape index (κ2) is 7.70. The van der Waals surface area contributed by atoms with Gasteiger partial charge in [0.2, 0.25) is 0 Å². The van der Waals surface area contributed by atoms with Gasteiger partial charge in [-0.3, -0.25) is 0 Å². The Labute approximate surface area is 69.5 Å². The van der Waals surface area contributed by atoms with E-state index >= 15 is 0 Å². The van der Waals surface area contributed by atoms with Gasteiger partial charge in [-0.1, -0.05) is 38.5 Å². The van der Waals surface area contributed by atoms with Crippen molar-refractivity contribution >= 4 is 54.0 Å². The molecule has 0 saturated carbocycles. The fourth-order valence-electron chi connectivity index (χ4n) is 0.259. The molecule has 0 fully saturated rings. The van der Waals surface area contributed by atoms with E-state index in [9.17, 15) is 0 Å². The predicted octanol–water partition coefficient (Wildman–Crippen LogP) is 1.80. The van der Waals surface area contributed by atoms with Crippen molar-refractivity contribution in [2.75, 3.05) is 15.8 Å². The van der Waals surface area contributed by atoms with Gasteiger partial charge in [0.15, 0.2) is 7.00 Å². The molecule has 0 aromatic carbocycles. The topological polar surface area (TPSA) is 0 Å². The Hall–Kier alpha value is 1.70. The Morgan fingerprint density at radius 1 is 1.71 bits per heavy atom. The van der Waals surface area contributed by atoms with Crippen LogP contribution in [0.15, 0.2) is 0 Å². The molecule has 0 heterocycles. The summed E-state index contributed by atoms with van der Waals surface area (Å²) < 4.78 is 1.32. The first kappa shape index (κ1) is 8.70. The summed E-state index contributed by atoms with van der Waals surface area (Å²) >= 11 is 5.80. The Bertz CT molecular complexity index is 34.1. The minimum atomic E-state index is 1.18. The van der Waals surface area contributed by atoms with Gasteiger partial charge in [-0.2, -0.15) is 8.46 Å². The lowest BCUT2D eigenvalue weighted by Crippen LogP contribution is -1.84. The Morgan fingerprint density at radius 3 is 2.86 bits per heavy atom. The maximum Gasteiger partial charge on any atom is 0.159 e. The first-order chi connectivity index (χ1) is 3.41. The van der Waals surface area contributed by atoms with Gasteiger partial charge in [0.1, 0.15) is 0 Å². The predicted molar refractivity (Wildman–Crippen MR) is 53.0 cm³/mol. The van der Waals surface area contributed by atoms with Gasteiger partial charge >= 0.3 is 0 Å². The third-order valence-electron chi connectivity index (χ3n) is 0.543. The standard InChI is InChI=1S/C3H8BBrIP/c5-1-2-7-4-3-6/h4,7H,1-3H2. The second-order valence-electron chi connectivity index (χ2n) is 1.13. The molecular formula is C3H8BBrIP. The van der Waals surface area contributed by atoms with E-state index in [1.54, 1.807) is 0 Å². The molecule has 0 aliphatic heterocycles. The number of hydrogen-bond acceptors (Lipinski definition) is 0. The molecule has 0 spiro atoms. The van der Waals surface area contributed by atoms with Crippen LogP contribution in [-0.4, -0.2) is 22.8 Å². The molecule has 7 heavy (non-hydrogen) atoms. The molecule has 4 heteroatoms. The second-order valence-corrected chi connectivity index (χ2v) is 4.50. The molecule has 0 rings (SSSR count). The van der Waals surface area contributed by atoms with Crippen molar-refractivity contribution < 1.29 is 0 Å². The maximum absolute atomic E-state index is 3.38. The molecule has 1 atom stereocenters.